The van der Waals surface area contributed by atoms with Gasteiger partial charge in [-0.15, -0.1) is 0 Å². The Morgan fingerprint density at radius 3 is 2.50 bits per heavy atom. The number of nitrogens with one attached hydrogen (secondary N) is 1. The van der Waals surface area contributed by atoms with Crippen molar-refractivity contribution < 1.29 is 28.2 Å². The van der Waals surface area contributed by atoms with E-state index in [1.807, 2.05) is 11.2 Å². The number of carbonyl (C=O) groups is 1. The van der Waals surface area contributed by atoms with E-state index >= 15 is 0 Å². The average molecular weight is 360 g/mol. The zero-order chi connectivity index (χ0) is 18.1. The molecule has 24 heavy (non-hydrogen) atoms. The fourth-order valence-electron chi connectivity index (χ4n) is 1.99. The van der Waals surface area contributed by atoms with Crippen LogP contribution in [0.5, 0.6) is 0 Å². The van der Waals surface area contributed by atoms with Crippen molar-refractivity contribution in [1.29, 1.82) is 0 Å². The molecule has 0 aliphatic heterocycles. The van der Waals surface area contributed by atoms with Gasteiger partial charge in [0.25, 0.3) is 0 Å². The molecule has 8 heteroatoms. The highest BCUT2D eigenvalue weighted by atomic mass is 35.5. The van der Waals surface area contributed by atoms with Crippen molar-refractivity contribution in [3.05, 3.63) is 34.9 Å². The number of anilines is 1. The molecule has 1 unspecified atom stereocenters. The fourth-order valence-corrected chi connectivity index (χ4v) is 2.23. The molecule has 0 saturated heterocycles. The molecule has 0 radical (unpaired) electrons. The number of amides is 1. The first-order valence-corrected chi connectivity index (χ1v) is 7.24. The molecule has 1 saturated carbocycles. The minimum absolute atomic E-state index is 0.119. The van der Waals surface area contributed by atoms with E-state index in [9.17, 15) is 23.1 Å². The molecule has 128 valence electrons. The molecule has 1 aliphatic rings. The highest BCUT2D eigenvalue weighted by Gasteiger charge is 2.56. The molecular weight excluding hydrogens is 347 g/mol. The van der Waals surface area contributed by atoms with Gasteiger partial charge in [-0.3, -0.25) is 5.32 Å². The van der Waals surface area contributed by atoms with Crippen LogP contribution in [-0.4, -0.2) is 22.5 Å². The number of rotatable bonds is 3. The van der Waals surface area contributed by atoms with Crippen molar-refractivity contribution in [2.45, 2.75) is 24.6 Å². The standard InChI is InChI=1S/C16H13ClF3NO3/c1-2-10-7-13(21-14(22)23)11(8-12(10)17)15(24,16(18,19)20)6-5-9-3-4-9/h2,7-9,21,24H,1,3-4H2,(H,22,23). The summed E-state index contributed by atoms with van der Waals surface area (Å²) in [6.07, 6.45) is -4.16. The Balaban J connectivity index is 2.68. The van der Waals surface area contributed by atoms with Crippen LogP contribution in [0.3, 0.4) is 0 Å². The quantitative estimate of drug-likeness (QED) is 0.707. The van der Waals surface area contributed by atoms with E-state index in [1.165, 1.54) is 6.08 Å². The minimum atomic E-state index is -5.15. The van der Waals surface area contributed by atoms with Crippen LogP contribution in [0.1, 0.15) is 24.0 Å². The summed E-state index contributed by atoms with van der Waals surface area (Å²) in [6.45, 7) is 3.45. The summed E-state index contributed by atoms with van der Waals surface area (Å²) < 4.78 is 40.5. The Hall–Kier alpha value is -2.17. The Kier molecular flexibility index (Phi) is 4.83. The number of alkyl halides is 3. The summed E-state index contributed by atoms with van der Waals surface area (Å²) in [4.78, 5) is 10.9. The van der Waals surface area contributed by atoms with Gasteiger partial charge < -0.3 is 10.2 Å². The highest BCUT2D eigenvalue weighted by molar-refractivity contribution is 6.32. The van der Waals surface area contributed by atoms with Crippen LogP contribution in [0.2, 0.25) is 5.02 Å². The number of carboxylic acid groups (broad SMARTS) is 1. The zero-order valence-corrected chi connectivity index (χ0v) is 13.0. The summed E-state index contributed by atoms with van der Waals surface area (Å²) in [7, 11) is 0. The monoisotopic (exact) mass is 359 g/mol. The number of hydrogen-bond donors (Lipinski definition) is 3. The van der Waals surface area contributed by atoms with Crippen LogP contribution in [0.25, 0.3) is 6.08 Å². The van der Waals surface area contributed by atoms with E-state index in [0.717, 1.165) is 12.1 Å². The van der Waals surface area contributed by atoms with Crippen LogP contribution in [0, 0.1) is 17.8 Å². The first-order valence-electron chi connectivity index (χ1n) is 6.86. The third-order valence-corrected chi connectivity index (χ3v) is 3.76. The van der Waals surface area contributed by atoms with Crippen molar-refractivity contribution in [3.63, 3.8) is 0 Å². The normalized spacial score (nSPS) is 16.5. The maximum atomic E-state index is 13.5. The highest BCUT2D eigenvalue weighted by Crippen LogP contribution is 2.44. The maximum Gasteiger partial charge on any atom is 0.433 e. The zero-order valence-electron chi connectivity index (χ0n) is 12.2. The van der Waals surface area contributed by atoms with Gasteiger partial charge in [-0.1, -0.05) is 36.1 Å². The molecule has 0 aromatic heterocycles. The first-order chi connectivity index (χ1) is 11.1. The number of benzene rings is 1. The minimum Gasteiger partial charge on any atom is -0.465 e. The third kappa shape index (κ3) is 3.66. The molecule has 3 N–H and O–H groups in total. The largest absolute Gasteiger partial charge is 0.465 e. The molecule has 1 aliphatic carbocycles. The lowest BCUT2D eigenvalue weighted by Crippen LogP contribution is -2.42. The first kappa shape index (κ1) is 18.2. The molecule has 1 aromatic rings. The van der Waals surface area contributed by atoms with Gasteiger partial charge in [0, 0.05) is 16.5 Å². The Labute approximate surface area is 140 Å². The lowest BCUT2D eigenvalue weighted by molar-refractivity contribution is -0.240. The van der Waals surface area contributed by atoms with Gasteiger partial charge in [0.1, 0.15) is 0 Å². The topological polar surface area (TPSA) is 69.6 Å². The van der Waals surface area contributed by atoms with E-state index < -0.39 is 29.1 Å². The van der Waals surface area contributed by atoms with Crippen LogP contribution in [-0.2, 0) is 5.60 Å². The summed E-state index contributed by atoms with van der Waals surface area (Å²) >= 11 is 5.90. The number of aliphatic hydroxyl groups is 1. The van der Waals surface area contributed by atoms with E-state index in [1.54, 1.807) is 0 Å². The van der Waals surface area contributed by atoms with Gasteiger partial charge in [-0.05, 0) is 30.5 Å². The molecule has 1 amide bonds. The predicted octanol–water partition coefficient (Wildman–Crippen LogP) is 4.24. The van der Waals surface area contributed by atoms with E-state index in [0.29, 0.717) is 12.8 Å². The SMILES string of the molecule is C=Cc1cc(NC(=O)O)c(C(O)(C#CC2CC2)C(F)(F)F)cc1Cl. The second kappa shape index (κ2) is 6.38. The molecule has 1 fully saturated rings. The maximum absolute atomic E-state index is 13.5. The van der Waals surface area contributed by atoms with Gasteiger partial charge in [0.2, 0.25) is 5.60 Å². The third-order valence-electron chi connectivity index (χ3n) is 3.43. The molecular formula is C16H13ClF3NO3. The summed E-state index contributed by atoms with van der Waals surface area (Å²) in [5, 5.41) is 20.8. The van der Waals surface area contributed by atoms with Crippen LogP contribution in [0.4, 0.5) is 23.7 Å². The Morgan fingerprint density at radius 1 is 1.42 bits per heavy atom. The molecule has 0 heterocycles. The van der Waals surface area contributed by atoms with Crippen molar-refractivity contribution in [1.82, 2.24) is 0 Å². The number of hydrogen-bond acceptors (Lipinski definition) is 2. The smallest absolute Gasteiger partial charge is 0.433 e. The van der Waals surface area contributed by atoms with Gasteiger partial charge in [0.05, 0.1) is 5.69 Å². The molecule has 1 atom stereocenters. The Bertz CT molecular complexity index is 747. The second-order valence-electron chi connectivity index (χ2n) is 5.31. The summed E-state index contributed by atoms with van der Waals surface area (Å²) in [6, 6.07) is 1.91. The summed E-state index contributed by atoms with van der Waals surface area (Å²) in [5.74, 6) is 4.03. The van der Waals surface area contributed by atoms with Gasteiger partial charge in [0.15, 0.2) is 0 Å². The van der Waals surface area contributed by atoms with Crippen LogP contribution >= 0.6 is 11.6 Å². The predicted molar refractivity (Wildman–Crippen MR) is 83.6 cm³/mol. The second-order valence-corrected chi connectivity index (χ2v) is 5.71. The molecule has 1 aromatic carbocycles. The Morgan fingerprint density at radius 2 is 2.04 bits per heavy atom. The molecule has 4 nitrogen and oxygen atoms in total. The summed E-state index contributed by atoms with van der Waals surface area (Å²) in [5.41, 5.74) is -4.58. The van der Waals surface area contributed by atoms with Crippen molar-refractivity contribution in [2.24, 2.45) is 5.92 Å². The molecule has 2 rings (SSSR count). The molecule has 0 spiro atoms. The van der Waals surface area contributed by atoms with Gasteiger partial charge in [-0.25, -0.2) is 4.79 Å². The average Bonchev–Trinajstić information content (AvgIpc) is 3.28. The van der Waals surface area contributed by atoms with Crippen LogP contribution < -0.4 is 5.32 Å². The van der Waals surface area contributed by atoms with Crippen molar-refractivity contribution in [2.75, 3.05) is 5.32 Å². The van der Waals surface area contributed by atoms with Crippen LogP contribution in [0.15, 0.2) is 18.7 Å². The fraction of sp³-hybridized carbons (Fsp3) is 0.312. The lowest BCUT2D eigenvalue weighted by Gasteiger charge is -2.28. The van der Waals surface area contributed by atoms with E-state index in [4.69, 9.17) is 16.7 Å². The molecule has 0 bridgehead atoms. The van der Waals surface area contributed by atoms with Crippen molar-refractivity contribution >= 4 is 29.5 Å². The lowest BCUT2D eigenvalue weighted by atomic mass is 9.90. The van der Waals surface area contributed by atoms with Gasteiger partial charge >= 0.3 is 12.3 Å². The van der Waals surface area contributed by atoms with Crippen molar-refractivity contribution in [3.8, 4) is 11.8 Å². The number of halogens is 4. The van der Waals surface area contributed by atoms with E-state index in [-0.39, 0.29) is 16.5 Å². The van der Waals surface area contributed by atoms with E-state index in [2.05, 4.69) is 12.5 Å². The van der Waals surface area contributed by atoms with Gasteiger partial charge in [-0.2, -0.15) is 13.2 Å².